The lowest BCUT2D eigenvalue weighted by molar-refractivity contribution is 0.0246. The third kappa shape index (κ3) is 5.51. The minimum atomic E-state index is -0.490. The minimum absolute atomic E-state index is 0.0901. The number of ether oxygens (including phenoxy) is 2. The molecule has 0 spiro atoms. The van der Waals surface area contributed by atoms with Crippen molar-refractivity contribution in [2.24, 2.45) is 0 Å². The van der Waals surface area contributed by atoms with Crippen molar-refractivity contribution >= 4 is 11.9 Å². The van der Waals surface area contributed by atoms with Gasteiger partial charge in [0.05, 0.1) is 17.7 Å². The number of benzene rings is 1. The third-order valence-electron chi connectivity index (χ3n) is 3.41. The van der Waals surface area contributed by atoms with Crippen LogP contribution in [0.15, 0.2) is 24.3 Å². The zero-order chi connectivity index (χ0) is 16.4. The maximum absolute atomic E-state index is 12.4. The average molecular weight is 306 g/mol. The van der Waals surface area contributed by atoms with Gasteiger partial charge in [-0.05, 0) is 31.9 Å². The number of carbonyl (C=O) groups excluding carboxylic acids is 2. The Labute approximate surface area is 132 Å². The van der Waals surface area contributed by atoms with E-state index in [4.69, 9.17) is 9.47 Å². The molecule has 0 saturated carbocycles. The van der Waals surface area contributed by atoms with E-state index in [9.17, 15) is 9.59 Å². The molecule has 0 amide bonds. The van der Waals surface area contributed by atoms with Crippen LogP contribution in [0, 0.1) is 0 Å². The summed E-state index contributed by atoms with van der Waals surface area (Å²) in [6.07, 6.45) is 4.66. The van der Waals surface area contributed by atoms with Gasteiger partial charge in [-0.15, -0.1) is 0 Å². The average Bonchev–Trinajstić information content (AvgIpc) is 2.53. The first-order chi connectivity index (χ1) is 10.6. The summed E-state index contributed by atoms with van der Waals surface area (Å²) in [7, 11) is 0. The Morgan fingerprint density at radius 1 is 0.955 bits per heavy atom. The quantitative estimate of drug-likeness (QED) is 0.635. The molecule has 0 N–H and O–H groups in total. The van der Waals surface area contributed by atoms with E-state index >= 15 is 0 Å². The van der Waals surface area contributed by atoms with Gasteiger partial charge < -0.3 is 9.47 Å². The summed E-state index contributed by atoms with van der Waals surface area (Å²) in [5.74, 6) is -0.936. The summed E-state index contributed by atoms with van der Waals surface area (Å²) in [4.78, 5) is 24.3. The Kier molecular flexibility index (Phi) is 8.26. The first kappa shape index (κ1) is 18.2. The van der Waals surface area contributed by atoms with Gasteiger partial charge in [0, 0.05) is 0 Å². The van der Waals surface area contributed by atoms with Gasteiger partial charge in [-0.1, -0.05) is 45.2 Å². The Hall–Kier alpha value is -1.84. The maximum atomic E-state index is 12.4. The van der Waals surface area contributed by atoms with E-state index in [2.05, 4.69) is 13.8 Å². The molecule has 1 atom stereocenters. The van der Waals surface area contributed by atoms with Crippen molar-refractivity contribution < 1.29 is 19.1 Å². The molecule has 0 saturated heterocycles. The van der Waals surface area contributed by atoms with E-state index in [1.807, 2.05) is 0 Å². The van der Waals surface area contributed by atoms with E-state index < -0.39 is 11.9 Å². The highest BCUT2D eigenvalue weighted by atomic mass is 16.5. The third-order valence-corrected chi connectivity index (χ3v) is 3.41. The van der Waals surface area contributed by atoms with Crippen molar-refractivity contribution in [1.82, 2.24) is 0 Å². The van der Waals surface area contributed by atoms with Crippen LogP contribution in [0.3, 0.4) is 0 Å². The van der Waals surface area contributed by atoms with E-state index in [1.165, 1.54) is 0 Å². The molecule has 1 aromatic carbocycles. The molecular weight excluding hydrogens is 280 g/mol. The Morgan fingerprint density at radius 3 is 2.14 bits per heavy atom. The standard InChI is InChI=1S/C18H26O4/c1-4-7-11-14(10-5-2)22-18(20)16-13-9-8-12-15(16)17(19)21-6-3/h8-9,12-14H,4-7,10-11H2,1-3H3. The van der Waals surface area contributed by atoms with Crippen LogP contribution in [0.2, 0.25) is 0 Å². The molecule has 122 valence electrons. The van der Waals surface area contributed by atoms with Crippen molar-refractivity contribution in [3.63, 3.8) is 0 Å². The lowest BCUT2D eigenvalue weighted by Gasteiger charge is -2.18. The molecule has 0 heterocycles. The molecule has 4 nitrogen and oxygen atoms in total. The summed E-state index contributed by atoms with van der Waals surface area (Å²) in [6.45, 7) is 6.19. The van der Waals surface area contributed by atoms with E-state index in [0.717, 1.165) is 32.1 Å². The fourth-order valence-electron chi connectivity index (χ4n) is 2.28. The molecule has 0 aromatic heterocycles. The monoisotopic (exact) mass is 306 g/mol. The molecule has 0 bridgehead atoms. The van der Waals surface area contributed by atoms with Crippen LogP contribution < -0.4 is 0 Å². The minimum Gasteiger partial charge on any atom is -0.462 e. The van der Waals surface area contributed by atoms with Crippen LogP contribution in [0.1, 0.15) is 73.6 Å². The molecule has 0 aliphatic carbocycles. The van der Waals surface area contributed by atoms with Crippen LogP contribution in [0.4, 0.5) is 0 Å². The topological polar surface area (TPSA) is 52.6 Å². The van der Waals surface area contributed by atoms with Gasteiger partial charge in [-0.3, -0.25) is 0 Å². The van der Waals surface area contributed by atoms with Crippen LogP contribution in [0.5, 0.6) is 0 Å². The van der Waals surface area contributed by atoms with Crippen molar-refractivity contribution in [2.75, 3.05) is 6.61 Å². The van der Waals surface area contributed by atoms with E-state index in [-0.39, 0.29) is 23.8 Å². The lowest BCUT2D eigenvalue weighted by Crippen LogP contribution is -2.20. The molecule has 0 aliphatic heterocycles. The van der Waals surface area contributed by atoms with E-state index in [1.54, 1.807) is 31.2 Å². The Morgan fingerprint density at radius 2 is 1.59 bits per heavy atom. The van der Waals surface area contributed by atoms with Gasteiger partial charge in [-0.2, -0.15) is 0 Å². The molecule has 1 rings (SSSR count). The fraction of sp³-hybridized carbons (Fsp3) is 0.556. The van der Waals surface area contributed by atoms with Gasteiger partial charge in [0.2, 0.25) is 0 Å². The number of hydrogen-bond acceptors (Lipinski definition) is 4. The first-order valence-corrected chi connectivity index (χ1v) is 8.11. The fourth-order valence-corrected chi connectivity index (χ4v) is 2.28. The van der Waals surface area contributed by atoms with E-state index in [0.29, 0.717) is 0 Å². The highest BCUT2D eigenvalue weighted by Gasteiger charge is 2.21. The van der Waals surface area contributed by atoms with Crippen molar-refractivity contribution in [2.45, 2.75) is 59.0 Å². The van der Waals surface area contributed by atoms with Gasteiger partial charge in [-0.25, -0.2) is 9.59 Å². The largest absolute Gasteiger partial charge is 0.462 e. The van der Waals surface area contributed by atoms with Crippen LogP contribution in [-0.2, 0) is 9.47 Å². The van der Waals surface area contributed by atoms with Gasteiger partial charge in [0.1, 0.15) is 6.10 Å². The summed E-state index contributed by atoms with van der Waals surface area (Å²) >= 11 is 0. The van der Waals surface area contributed by atoms with Gasteiger partial charge in [0.25, 0.3) is 0 Å². The summed E-state index contributed by atoms with van der Waals surface area (Å²) < 4.78 is 10.6. The number of rotatable bonds is 9. The number of hydrogen-bond donors (Lipinski definition) is 0. The highest BCUT2D eigenvalue weighted by molar-refractivity contribution is 6.03. The molecular formula is C18H26O4. The van der Waals surface area contributed by atoms with Gasteiger partial charge in [0.15, 0.2) is 0 Å². The predicted octanol–water partition coefficient (Wildman–Crippen LogP) is 4.38. The number of esters is 2. The molecule has 0 radical (unpaired) electrons. The second-order valence-electron chi connectivity index (χ2n) is 5.22. The lowest BCUT2D eigenvalue weighted by atomic mass is 10.1. The van der Waals surface area contributed by atoms with Crippen LogP contribution in [0.25, 0.3) is 0 Å². The molecule has 4 heteroatoms. The summed E-state index contributed by atoms with van der Waals surface area (Å²) in [6, 6.07) is 6.64. The maximum Gasteiger partial charge on any atom is 0.339 e. The SMILES string of the molecule is CCCCC(CCC)OC(=O)c1ccccc1C(=O)OCC. The van der Waals surface area contributed by atoms with Crippen molar-refractivity contribution in [3.8, 4) is 0 Å². The Bertz CT molecular complexity index is 482. The highest BCUT2D eigenvalue weighted by Crippen LogP contribution is 2.17. The predicted molar refractivity (Wildman–Crippen MR) is 86.0 cm³/mol. The molecule has 0 aliphatic rings. The normalized spacial score (nSPS) is 11.8. The van der Waals surface area contributed by atoms with Crippen molar-refractivity contribution in [1.29, 1.82) is 0 Å². The van der Waals surface area contributed by atoms with Crippen LogP contribution in [-0.4, -0.2) is 24.6 Å². The van der Waals surface area contributed by atoms with Crippen LogP contribution >= 0.6 is 0 Å². The van der Waals surface area contributed by atoms with Crippen molar-refractivity contribution in [3.05, 3.63) is 35.4 Å². The molecule has 0 fully saturated rings. The zero-order valence-electron chi connectivity index (χ0n) is 13.8. The zero-order valence-corrected chi connectivity index (χ0v) is 13.8. The first-order valence-electron chi connectivity index (χ1n) is 8.11. The van der Waals surface area contributed by atoms with Gasteiger partial charge >= 0.3 is 11.9 Å². The second-order valence-corrected chi connectivity index (χ2v) is 5.22. The molecule has 1 unspecified atom stereocenters. The second kappa shape index (κ2) is 9.98. The Balaban J connectivity index is 2.85. The number of carbonyl (C=O) groups is 2. The molecule has 22 heavy (non-hydrogen) atoms. The molecule has 1 aromatic rings. The number of unbranched alkanes of at least 4 members (excludes halogenated alkanes) is 1. The smallest absolute Gasteiger partial charge is 0.339 e. The summed E-state index contributed by atoms with van der Waals surface area (Å²) in [5.41, 5.74) is 0.540. The summed E-state index contributed by atoms with van der Waals surface area (Å²) in [5, 5.41) is 0.